The van der Waals surface area contributed by atoms with E-state index in [-0.39, 0.29) is 0 Å². The summed E-state index contributed by atoms with van der Waals surface area (Å²) in [5.41, 5.74) is 10.2. The van der Waals surface area contributed by atoms with Crippen molar-refractivity contribution in [3.63, 3.8) is 0 Å². The second kappa shape index (κ2) is 3.73. The molecule has 0 heterocycles. The van der Waals surface area contributed by atoms with Crippen molar-refractivity contribution < 1.29 is 0 Å². The van der Waals surface area contributed by atoms with Crippen LogP contribution in [-0.2, 0) is 12.8 Å². The maximum absolute atomic E-state index is 2.34. The Hall–Kier alpha value is -1.56. The zero-order valence-corrected chi connectivity index (χ0v) is 10.8. The van der Waals surface area contributed by atoms with Crippen LogP contribution in [-0.4, -0.2) is 0 Å². The van der Waals surface area contributed by atoms with Gasteiger partial charge in [-0.25, -0.2) is 0 Å². The molecule has 3 rings (SSSR count). The molecule has 0 nitrogen and oxygen atoms in total. The highest BCUT2D eigenvalue weighted by Crippen LogP contribution is 2.36. The summed E-state index contributed by atoms with van der Waals surface area (Å²) in [6.45, 7) is 6.64. The van der Waals surface area contributed by atoms with Crippen molar-refractivity contribution >= 4 is 0 Å². The predicted octanol–water partition coefficient (Wildman–Crippen LogP) is 4.38. The van der Waals surface area contributed by atoms with Gasteiger partial charge in [-0.3, -0.25) is 0 Å². The second-order valence-electron chi connectivity index (χ2n) is 5.19. The van der Waals surface area contributed by atoms with E-state index in [9.17, 15) is 0 Å². The minimum atomic E-state index is 1.19. The van der Waals surface area contributed by atoms with Crippen molar-refractivity contribution in [3.8, 4) is 11.1 Å². The highest BCUT2D eigenvalue weighted by Gasteiger charge is 2.17. The molecule has 0 bridgehead atoms. The minimum Gasteiger partial charge on any atom is -0.0590 e. The van der Waals surface area contributed by atoms with Crippen molar-refractivity contribution in [1.82, 2.24) is 0 Å². The first-order chi connectivity index (χ1) is 8.16. The van der Waals surface area contributed by atoms with Crippen LogP contribution in [0.2, 0.25) is 0 Å². The predicted molar refractivity (Wildman–Crippen MR) is 73.5 cm³/mol. The van der Waals surface area contributed by atoms with Gasteiger partial charge < -0.3 is 0 Å². The van der Waals surface area contributed by atoms with Crippen LogP contribution in [0.15, 0.2) is 30.3 Å². The van der Waals surface area contributed by atoms with E-state index in [0.29, 0.717) is 0 Å². The number of aryl methyl sites for hydroxylation is 3. The normalized spacial score (nSPS) is 13.1. The Morgan fingerprint density at radius 3 is 2.47 bits per heavy atom. The van der Waals surface area contributed by atoms with E-state index in [4.69, 9.17) is 0 Å². The van der Waals surface area contributed by atoms with Crippen LogP contribution >= 0.6 is 0 Å². The Morgan fingerprint density at radius 1 is 0.824 bits per heavy atom. The van der Waals surface area contributed by atoms with Crippen LogP contribution in [0.25, 0.3) is 11.1 Å². The SMILES string of the molecule is Cc1ccc2c(c1)-c1ccc(C)c(C)c1CC2. The van der Waals surface area contributed by atoms with E-state index in [1.807, 2.05) is 0 Å². The molecule has 17 heavy (non-hydrogen) atoms. The highest BCUT2D eigenvalue weighted by atomic mass is 14.2. The van der Waals surface area contributed by atoms with Gasteiger partial charge in [-0.15, -0.1) is 0 Å². The van der Waals surface area contributed by atoms with Crippen molar-refractivity contribution in [2.75, 3.05) is 0 Å². The van der Waals surface area contributed by atoms with E-state index in [1.165, 1.54) is 46.2 Å². The lowest BCUT2D eigenvalue weighted by Crippen LogP contribution is -2.06. The van der Waals surface area contributed by atoms with Gasteiger partial charge in [-0.05, 0) is 67.0 Å². The highest BCUT2D eigenvalue weighted by molar-refractivity contribution is 5.75. The summed E-state index contributed by atoms with van der Waals surface area (Å²) in [4.78, 5) is 0. The van der Waals surface area contributed by atoms with Crippen molar-refractivity contribution in [1.29, 1.82) is 0 Å². The molecule has 0 saturated heterocycles. The molecule has 0 amide bonds. The summed E-state index contributed by atoms with van der Waals surface area (Å²) in [7, 11) is 0. The third kappa shape index (κ3) is 1.59. The third-order valence-corrected chi connectivity index (χ3v) is 4.07. The van der Waals surface area contributed by atoms with Gasteiger partial charge in [0.15, 0.2) is 0 Å². The quantitative estimate of drug-likeness (QED) is 0.620. The Morgan fingerprint density at radius 2 is 1.65 bits per heavy atom. The Labute approximate surface area is 103 Å². The lowest BCUT2D eigenvalue weighted by atomic mass is 9.82. The summed E-state index contributed by atoms with van der Waals surface area (Å²) in [6, 6.07) is 11.4. The Kier molecular flexibility index (Phi) is 2.32. The lowest BCUT2D eigenvalue weighted by Gasteiger charge is -2.23. The van der Waals surface area contributed by atoms with E-state index in [0.717, 1.165) is 0 Å². The number of hydrogen-bond donors (Lipinski definition) is 0. The topological polar surface area (TPSA) is 0 Å². The van der Waals surface area contributed by atoms with Gasteiger partial charge in [0.2, 0.25) is 0 Å². The molecule has 2 aromatic carbocycles. The van der Waals surface area contributed by atoms with Crippen LogP contribution in [0.3, 0.4) is 0 Å². The van der Waals surface area contributed by atoms with Crippen LogP contribution in [0.1, 0.15) is 27.8 Å². The molecule has 2 aromatic rings. The standard InChI is InChI=1S/C17H18/c1-11-4-6-14-7-9-15-13(3)12(2)5-8-16(15)17(14)10-11/h4-6,8,10H,7,9H2,1-3H3. The first kappa shape index (κ1) is 10.6. The van der Waals surface area contributed by atoms with Crippen LogP contribution in [0, 0.1) is 20.8 Å². The third-order valence-electron chi connectivity index (χ3n) is 4.07. The molecule has 0 heteroatoms. The van der Waals surface area contributed by atoms with Gasteiger partial charge in [0.1, 0.15) is 0 Å². The van der Waals surface area contributed by atoms with Gasteiger partial charge in [0, 0.05) is 0 Å². The molecular weight excluding hydrogens is 204 g/mol. The van der Waals surface area contributed by atoms with Gasteiger partial charge in [-0.1, -0.05) is 35.9 Å². The largest absolute Gasteiger partial charge is 0.0590 e. The van der Waals surface area contributed by atoms with Gasteiger partial charge in [-0.2, -0.15) is 0 Å². The summed E-state index contributed by atoms with van der Waals surface area (Å²) in [5.74, 6) is 0. The fraction of sp³-hybridized carbons (Fsp3) is 0.294. The molecule has 0 aromatic heterocycles. The van der Waals surface area contributed by atoms with E-state index in [1.54, 1.807) is 5.56 Å². The molecule has 1 aliphatic carbocycles. The molecule has 0 N–H and O–H groups in total. The van der Waals surface area contributed by atoms with Crippen molar-refractivity contribution in [2.24, 2.45) is 0 Å². The molecule has 1 aliphatic rings. The molecular formula is C17H18. The molecule has 0 fully saturated rings. The first-order valence-corrected chi connectivity index (χ1v) is 6.36. The van der Waals surface area contributed by atoms with E-state index < -0.39 is 0 Å². The number of benzene rings is 2. The molecule has 0 spiro atoms. The van der Waals surface area contributed by atoms with Crippen LogP contribution < -0.4 is 0 Å². The minimum absolute atomic E-state index is 1.19. The number of rotatable bonds is 0. The Balaban J connectivity index is 2.29. The molecule has 0 saturated carbocycles. The van der Waals surface area contributed by atoms with Gasteiger partial charge >= 0.3 is 0 Å². The molecule has 0 atom stereocenters. The maximum Gasteiger partial charge on any atom is -0.0146 e. The van der Waals surface area contributed by atoms with E-state index in [2.05, 4.69) is 51.1 Å². The summed E-state index contributed by atoms with van der Waals surface area (Å²) < 4.78 is 0. The van der Waals surface area contributed by atoms with Crippen molar-refractivity contribution in [3.05, 3.63) is 58.1 Å². The van der Waals surface area contributed by atoms with Gasteiger partial charge in [0.25, 0.3) is 0 Å². The maximum atomic E-state index is 2.34. The molecule has 86 valence electrons. The van der Waals surface area contributed by atoms with Crippen LogP contribution in [0.5, 0.6) is 0 Å². The fourth-order valence-corrected chi connectivity index (χ4v) is 2.87. The monoisotopic (exact) mass is 222 g/mol. The summed E-state index contributed by atoms with van der Waals surface area (Å²) >= 11 is 0. The van der Waals surface area contributed by atoms with Crippen LogP contribution in [0.4, 0.5) is 0 Å². The molecule has 0 radical (unpaired) electrons. The average Bonchev–Trinajstić information content (AvgIpc) is 2.33. The molecule has 0 unspecified atom stereocenters. The zero-order valence-electron chi connectivity index (χ0n) is 10.8. The number of hydrogen-bond acceptors (Lipinski definition) is 0. The van der Waals surface area contributed by atoms with Crippen molar-refractivity contribution in [2.45, 2.75) is 33.6 Å². The lowest BCUT2D eigenvalue weighted by molar-refractivity contribution is 0.926. The second-order valence-corrected chi connectivity index (χ2v) is 5.19. The smallest absolute Gasteiger partial charge is 0.0146 e. The Bertz CT molecular complexity index is 591. The fourth-order valence-electron chi connectivity index (χ4n) is 2.87. The summed E-state index contributed by atoms with van der Waals surface area (Å²) in [5, 5.41) is 0. The first-order valence-electron chi connectivity index (χ1n) is 6.36. The molecule has 0 aliphatic heterocycles. The summed E-state index contributed by atoms with van der Waals surface area (Å²) in [6.07, 6.45) is 2.38. The van der Waals surface area contributed by atoms with E-state index >= 15 is 0 Å². The average molecular weight is 222 g/mol. The zero-order chi connectivity index (χ0) is 12.0. The number of fused-ring (bicyclic) bond motifs is 3. The van der Waals surface area contributed by atoms with Gasteiger partial charge in [0.05, 0.1) is 0 Å².